The van der Waals surface area contributed by atoms with Crippen LogP contribution >= 0.6 is 0 Å². The first-order valence-corrected chi connectivity index (χ1v) is 8.11. The summed E-state index contributed by atoms with van der Waals surface area (Å²) in [6.07, 6.45) is 4.26. The molecule has 0 aliphatic heterocycles. The molecule has 0 bridgehead atoms. The van der Waals surface area contributed by atoms with E-state index < -0.39 is 0 Å². The fourth-order valence-electron chi connectivity index (χ4n) is 2.91. The van der Waals surface area contributed by atoms with E-state index in [1.165, 1.54) is 0 Å². The Morgan fingerprint density at radius 1 is 0.800 bits per heavy atom. The average Bonchev–Trinajstić information content (AvgIpc) is 2.48. The fourth-order valence-corrected chi connectivity index (χ4v) is 2.91. The van der Waals surface area contributed by atoms with Gasteiger partial charge in [-0.15, -0.1) is 0 Å². The predicted molar refractivity (Wildman–Crippen MR) is 85.2 cm³/mol. The molecule has 1 atom stereocenters. The molecule has 0 saturated carbocycles. The van der Waals surface area contributed by atoms with Gasteiger partial charge in [0.2, 0.25) is 0 Å². The van der Waals surface area contributed by atoms with E-state index in [2.05, 4.69) is 34.6 Å². The summed E-state index contributed by atoms with van der Waals surface area (Å²) in [7, 11) is 3.53. The Morgan fingerprint density at radius 2 is 1.25 bits per heavy atom. The summed E-state index contributed by atoms with van der Waals surface area (Å²) in [4.78, 5) is 0. The summed E-state index contributed by atoms with van der Waals surface area (Å²) in [5.41, 5.74) is -0.0524. The minimum Gasteiger partial charge on any atom is -0.384 e. The first kappa shape index (κ1) is 19.9. The minimum atomic E-state index is -0.0526. The maximum atomic E-state index is 6.41. The molecule has 122 valence electrons. The summed E-state index contributed by atoms with van der Waals surface area (Å²) in [6.45, 7) is 13.2. The van der Waals surface area contributed by atoms with Crippen LogP contribution in [0.15, 0.2) is 0 Å². The van der Waals surface area contributed by atoms with Crippen LogP contribution in [0.3, 0.4) is 0 Å². The van der Waals surface area contributed by atoms with Gasteiger partial charge in [-0.05, 0) is 25.2 Å². The van der Waals surface area contributed by atoms with Crippen molar-refractivity contribution in [2.45, 2.75) is 65.9 Å². The number of rotatable bonds is 12. The van der Waals surface area contributed by atoms with Crippen LogP contribution in [0, 0.1) is 11.3 Å². The van der Waals surface area contributed by atoms with Gasteiger partial charge in [0.1, 0.15) is 0 Å². The number of hydrogen-bond donors (Lipinski definition) is 0. The van der Waals surface area contributed by atoms with E-state index in [0.717, 1.165) is 25.7 Å². The van der Waals surface area contributed by atoms with Gasteiger partial charge < -0.3 is 14.2 Å². The monoisotopic (exact) mass is 288 g/mol. The lowest BCUT2D eigenvalue weighted by Crippen LogP contribution is -2.45. The highest BCUT2D eigenvalue weighted by atomic mass is 16.5. The van der Waals surface area contributed by atoms with Gasteiger partial charge in [-0.25, -0.2) is 0 Å². The molecule has 0 amide bonds. The van der Waals surface area contributed by atoms with E-state index in [4.69, 9.17) is 14.2 Å². The normalized spacial score (nSPS) is 14.6. The molecule has 0 fully saturated rings. The number of hydrogen-bond acceptors (Lipinski definition) is 3. The highest BCUT2D eigenvalue weighted by Gasteiger charge is 2.38. The molecule has 0 N–H and O–H groups in total. The lowest BCUT2D eigenvalue weighted by Gasteiger charge is -2.41. The smallest absolute Gasteiger partial charge is 0.0675 e. The maximum Gasteiger partial charge on any atom is 0.0675 e. The lowest BCUT2D eigenvalue weighted by atomic mass is 9.76. The SMILES string of the molecule is CCC(C)C(COC)(COC)COC(CC)(CC)CC. The first-order chi connectivity index (χ1) is 9.49. The first-order valence-electron chi connectivity index (χ1n) is 8.11. The van der Waals surface area contributed by atoms with Crippen LogP contribution in [0.25, 0.3) is 0 Å². The van der Waals surface area contributed by atoms with Crippen LogP contribution in [-0.4, -0.2) is 39.6 Å². The second-order valence-corrected chi connectivity index (χ2v) is 6.07. The minimum absolute atomic E-state index is 0.000193. The third-order valence-electron chi connectivity index (χ3n) is 5.12. The van der Waals surface area contributed by atoms with Crippen molar-refractivity contribution in [3.8, 4) is 0 Å². The van der Waals surface area contributed by atoms with E-state index >= 15 is 0 Å². The van der Waals surface area contributed by atoms with Crippen molar-refractivity contribution in [2.24, 2.45) is 11.3 Å². The molecular weight excluding hydrogens is 252 g/mol. The van der Waals surface area contributed by atoms with E-state index in [9.17, 15) is 0 Å². The summed E-state index contributed by atoms with van der Waals surface area (Å²) in [5, 5.41) is 0. The Balaban J connectivity index is 5.03. The van der Waals surface area contributed by atoms with Crippen molar-refractivity contribution in [1.82, 2.24) is 0 Å². The zero-order chi connectivity index (χ0) is 15.6. The fraction of sp³-hybridized carbons (Fsp3) is 1.00. The number of ether oxygens (including phenoxy) is 3. The Kier molecular flexibility index (Phi) is 9.69. The van der Waals surface area contributed by atoms with Crippen LogP contribution in [0.1, 0.15) is 60.3 Å². The molecule has 0 radical (unpaired) electrons. The van der Waals surface area contributed by atoms with E-state index in [1.54, 1.807) is 14.2 Å². The zero-order valence-electron chi connectivity index (χ0n) is 14.8. The van der Waals surface area contributed by atoms with Gasteiger partial charge in [-0.3, -0.25) is 0 Å². The Morgan fingerprint density at radius 3 is 1.55 bits per heavy atom. The van der Waals surface area contributed by atoms with Gasteiger partial charge in [0.25, 0.3) is 0 Å². The van der Waals surface area contributed by atoms with Crippen LogP contribution in [0.4, 0.5) is 0 Å². The maximum absolute atomic E-state index is 6.41. The topological polar surface area (TPSA) is 27.7 Å². The van der Waals surface area contributed by atoms with Crippen LogP contribution in [0.5, 0.6) is 0 Å². The van der Waals surface area contributed by atoms with Gasteiger partial charge in [0, 0.05) is 19.6 Å². The van der Waals surface area contributed by atoms with Gasteiger partial charge in [-0.1, -0.05) is 41.0 Å². The molecular formula is C17H36O3. The highest BCUT2D eigenvalue weighted by Crippen LogP contribution is 2.35. The zero-order valence-corrected chi connectivity index (χ0v) is 14.8. The molecule has 0 aliphatic rings. The van der Waals surface area contributed by atoms with E-state index in [1.807, 2.05) is 0 Å². The molecule has 20 heavy (non-hydrogen) atoms. The van der Waals surface area contributed by atoms with E-state index in [-0.39, 0.29) is 11.0 Å². The molecule has 0 aromatic rings. The van der Waals surface area contributed by atoms with Crippen molar-refractivity contribution < 1.29 is 14.2 Å². The van der Waals surface area contributed by atoms with Crippen molar-refractivity contribution in [2.75, 3.05) is 34.0 Å². The molecule has 0 aromatic heterocycles. The molecule has 0 aliphatic carbocycles. The molecule has 0 saturated heterocycles. The Bertz CT molecular complexity index is 222. The largest absolute Gasteiger partial charge is 0.384 e. The second-order valence-electron chi connectivity index (χ2n) is 6.07. The summed E-state index contributed by atoms with van der Waals surface area (Å²) < 4.78 is 17.4. The third-order valence-corrected chi connectivity index (χ3v) is 5.12. The van der Waals surface area contributed by atoms with Crippen molar-refractivity contribution in [1.29, 1.82) is 0 Å². The second kappa shape index (κ2) is 9.75. The number of methoxy groups -OCH3 is 2. The summed E-state index contributed by atoms with van der Waals surface area (Å²) in [6, 6.07) is 0. The van der Waals surface area contributed by atoms with Crippen molar-refractivity contribution in [3.63, 3.8) is 0 Å². The highest BCUT2D eigenvalue weighted by molar-refractivity contribution is 4.86. The van der Waals surface area contributed by atoms with Gasteiger partial charge >= 0.3 is 0 Å². The Hall–Kier alpha value is -0.120. The molecule has 3 heteroatoms. The van der Waals surface area contributed by atoms with Gasteiger partial charge in [0.15, 0.2) is 0 Å². The predicted octanol–water partition coefficient (Wildman–Crippen LogP) is 4.30. The molecule has 1 unspecified atom stereocenters. The summed E-state index contributed by atoms with van der Waals surface area (Å²) >= 11 is 0. The van der Waals surface area contributed by atoms with Gasteiger partial charge in [0.05, 0.1) is 25.4 Å². The summed E-state index contributed by atoms with van der Waals surface area (Å²) in [5.74, 6) is 0.505. The molecule has 0 rings (SSSR count). The van der Waals surface area contributed by atoms with Crippen LogP contribution in [-0.2, 0) is 14.2 Å². The van der Waals surface area contributed by atoms with Crippen LogP contribution in [0.2, 0.25) is 0 Å². The van der Waals surface area contributed by atoms with E-state index in [0.29, 0.717) is 25.7 Å². The van der Waals surface area contributed by atoms with Crippen LogP contribution < -0.4 is 0 Å². The molecule has 0 heterocycles. The third kappa shape index (κ3) is 5.01. The Labute approximate surface area is 126 Å². The average molecular weight is 288 g/mol. The van der Waals surface area contributed by atoms with Crippen molar-refractivity contribution in [3.05, 3.63) is 0 Å². The van der Waals surface area contributed by atoms with Gasteiger partial charge in [-0.2, -0.15) is 0 Å². The molecule has 0 spiro atoms. The molecule has 3 nitrogen and oxygen atoms in total. The van der Waals surface area contributed by atoms with Crippen molar-refractivity contribution >= 4 is 0 Å². The molecule has 0 aromatic carbocycles. The quantitative estimate of drug-likeness (QED) is 0.536. The standard InChI is InChI=1S/C17H36O3/c1-8-15(5)16(12-18-6,13-19-7)14-20-17(9-2,10-3)11-4/h15H,8-14H2,1-7H3. The lowest BCUT2D eigenvalue weighted by molar-refractivity contribution is -0.138.